The van der Waals surface area contributed by atoms with Crippen LogP contribution in [0, 0.1) is 0 Å². The third kappa shape index (κ3) is 3.06. The van der Waals surface area contributed by atoms with Crippen LogP contribution in [0.15, 0.2) is 67.3 Å². The SMILES string of the molecule is CC(c1ccccc1)N(C)c1ncc2cc(-c3ncnc4[nH]ncc34)ccc2n1. The van der Waals surface area contributed by atoms with E-state index < -0.39 is 0 Å². The number of fused-ring (bicyclic) bond motifs is 2. The average molecular weight is 381 g/mol. The first-order valence-corrected chi connectivity index (χ1v) is 9.40. The van der Waals surface area contributed by atoms with Crippen LogP contribution in [-0.4, -0.2) is 37.2 Å². The number of rotatable bonds is 4. The molecule has 1 N–H and O–H groups in total. The molecule has 0 aliphatic rings. The van der Waals surface area contributed by atoms with Crippen molar-refractivity contribution in [2.24, 2.45) is 0 Å². The molecule has 29 heavy (non-hydrogen) atoms. The van der Waals surface area contributed by atoms with Gasteiger partial charge in [0.25, 0.3) is 0 Å². The highest BCUT2D eigenvalue weighted by atomic mass is 15.2. The van der Waals surface area contributed by atoms with E-state index in [1.807, 2.05) is 43.6 Å². The second-order valence-corrected chi connectivity index (χ2v) is 7.00. The van der Waals surface area contributed by atoms with E-state index in [0.29, 0.717) is 5.95 Å². The molecule has 3 aromatic heterocycles. The summed E-state index contributed by atoms with van der Waals surface area (Å²) in [6.45, 7) is 2.15. The van der Waals surface area contributed by atoms with Gasteiger partial charge in [0.05, 0.1) is 28.8 Å². The van der Waals surface area contributed by atoms with E-state index >= 15 is 0 Å². The van der Waals surface area contributed by atoms with Gasteiger partial charge in [-0.2, -0.15) is 5.10 Å². The van der Waals surface area contributed by atoms with Crippen molar-refractivity contribution in [3.05, 3.63) is 72.8 Å². The molecule has 2 aromatic carbocycles. The summed E-state index contributed by atoms with van der Waals surface area (Å²) in [4.78, 5) is 20.1. The summed E-state index contributed by atoms with van der Waals surface area (Å²) in [5, 5.41) is 8.79. The fourth-order valence-electron chi connectivity index (χ4n) is 3.46. The first kappa shape index (κ1) is 17.2. The minimum absolute atomic E-state index is 0.170. The molecule has 5 aromatic rings. The Morgan fingerprint density at radius 3 is 2.69 bits per heavy atom. The standard InChI is InChI=1S/C22H19N7/c1-14(15-6-4-3-5-7-15)29(2)22-23-11-17-10-16(8-9-19(17)27-22)20-18-12-26-28-21(18)25-13-24-20/h3-14H,1-2H3,(H,24,25,26,28). The van der Waals surface area contributed by atoms with Gasteiger partial charge >= 0.3 is 0 Å². The highest BCUT2D eigenvalue weighted by Crippen LogP contribution is 2.28. The Balaban J connectivity index is 1.51. The van der Waals surface area contributed by atoms with Crippen LogP contribution in [0.2, 0.25) is 0 Å². The lowest BCUT2D eigenvalue weighted by atomic mass is 10.1. The monoisotopic (exact) mass is 381 g/mol. The molecule has 3 heterocycles. The summed E-state index contributed by atoms with van der Waals surface area (Å²) in [6.07, 6.45) is 5.15. The van der Waals surface area contributed by atoms with Crippen molar-refractivity contribution in [3.63, 3.8) is 0 Å². The van der Waals surface area contributed by atoms with Gasteiger partial charge in [-0.1, -0.05) is 36.4 Å². The van der Waals surface area contributed by atoms with E-state index in [1.165, 1.54) is 5.56 Å². The quantitative estimate of drug-likeness (QED) is 0.503. The van der Waals surface area contributed by atoms with Crippen molar-refractivity contribution in [1.82, 2.24) is 30.1 Å². The minimum atomic E-state index is 0.170. The average Bonchev–Trinajstić information content (AvgIpc) is 3.27. The second kappa shape index (κ2) is 6.94. The molecule has 1 atom stereocenters. The molecule has 0 aliphatic carbocycles. The molecule has 0 amide bonds. The third-order valence-corrected chi connectivity index (χ3v) is 5.27. The summed E-state index contributed by atoms with van der Waals surface area (Å²) in [5.41, 5.74) is 4.65. The number of H-pyrrole nitrogens is 1. The van der Waals surface area contributed by atoms with Gasteiger partial charge in [0, 0.05) is 24.2 Å². The maximum Gasteiger partial charge on any atom is 0.226 e. The van der Waals surface area contributed by atoms with Gasteiger partial charge < -0.3 is 4.90 Å². The first-order chi connectivity index (χ1) is 14.2. The summed E-state index contributed by atoms with van der Waals surface area (Å²) >= 11 is 0. The summed E-state index contributed by atoms with van der Waals surface area (Å²) < 4.78 is 0. The number of aromatic nitrogens is 6. The molecular formula is C22H19N7. The molecule has 0 spiro atoms. The lowest BCUT2D eigenvalue weighted by Gasteiger charge is -2.25. The zero-order chi connectivity index (χ0) is 19.8. The molecule has 0 bridgehead atoms. The van der Waals surface area contributed by atoms with Gasteiger partial charge in [-0.3, -0.25) is 5.10 Å². The molecule has 0 aliphatic heterocycles. The molecule has 7 heteroatoms. The van der Waals surface area contributed by atoms with Gasteiger partial charge in [-0.05, 0) is 24.6 Å². The van der Waals surface area contributed by atoms with Crippen LogP contribution >= 0.6 is 0 Å². The van der Waals surface area contributed by atoms with Crippen molar-refractivity contribution in [2.45, 2.75) is 13.0 Å². The molecule has 0 saturated carbocycles. The number of nitrogens with one attached hydrogen (secondary N) is 1. The van der Waals surface area contributed by atoms with Crippen LogP contribution in [0.5, 0.6) is 0 Å². The van der Waals surface area contributed by atoms with Gasteiger partial charge in [0.2, 0.25) is 5.95 Å². The van der Waals surface area contributed by atoms with E-state index in [9.17, 15) is 0 Å². The van der Waals surface area contributed by atoms with Crippen molar-refractivity contribution >= 4 is 27.9 Å². The van der Waals surface area contributed by atoms with Gasteiger partial charge in [-0.25, -0.2) is 19.9 Å². The molecular weight excluding hydrogens is 362 g/mol. The summed E-state index contributed by atoms with van der Waals surface area (Å²) in [6, 6.07) is 16.6. The maximum atomic E-state index is 4.77. The van der Waals surface area contributed by atoms with Crippen LogP contribution in [-0.2, 0) is 0 Å². The molecule has 0 fully saturated rings. The Kier molecular flexibility index (Phi) is 4.13. The second-order valence-electron chi connectivity index (χ2n) is 7.00. The number of hydrogen-bond donors (Lipinski definition) is 1. The lowest BCUT2D eigenvalue weighted by molar-refractivity contribution is 0.717. The van der Waals surface area contributed by atoms with Crippen LogP contribution in [0.4, 0.5) is 5.95 Å². The molecule has 1 unspecified atom stereocenters. The topological polar surface area (TPSA) is 83.5 Å². The van der Waals surface area contributed by atoms with E-state index in [1.54, 1.807) is 12.5 Å². The zero-order valence-electron chi connectivity index (χ0n) is 16.1. The Bertz CT molecular complexity index is 1300. The molecule has 0 saturated heterocycles. The summed E-state index contributed by atoms with van der Waals surface area (Å²) in [7, 11) is 2.02. The predicted octanol–water partition coefficient (Wildman–Crippen LogP) is 4.16. The zero-order valence-corrected chi connectivity index (χ0v) is 16.1. The number of aromatic amines is 1. The Labute approximate surface area is 167 Å². The number of hydrogen-bond acceptors (Lipinski definition) is 6. The number of benzene rings is 2. The smallest absolute Gasteiger partial charge is 0.226 e. The van der Waals surface area contributed by atoms with E-state index in [0.717, 1.165) is 33.2 Å². The third-order valence-electron chi connectivity index (χ3n) is 5.27. The maximum absolute atomic E-state index is 4.77. The van der Waals surface area contributed by atoms with Gasteiger partial charge in [0.1, 0.15) is 6.33 Å². The molecule has 7 nitrogen and oxygen atoms in total. The minimum Gasteiger partial charge on any atom is -0.337 e. The number of nitrogens with zero attached hydrogens (tertiary/aromatic N) is 6. The van der Waals surface area contributed by atoms with Gasteiger partial charge in [0.15, 0.2) is 5.65 Å². The van der Waals surface area contributed by atoms with Crippen molar-refractivity contribution in [3.8, 4) is 11.3 Å². The summed E-state index contributed by atoms with van der Waals surface area (Å²) in [5.74, 6) is 0.695. The first-order valence-electron chi connectivity index (χ1n) is 9.40. The highest BCUT2D eigenvalue weighted by Gasteiger charge is 2.15. The Morgan fingerprint density at radius 1 is 0.966 bits per heavy atom. The van der Waals surface area contributed by atoms with Crippen molar-refractivity contribution in [1.29, 1.82) is 0 Å². The number of anilines is 1. The fraction of sp³-hybridized carbons (Fsp3) is 0.136. The van der Waals surface area contributed by atoms with E-state index in [-0.39, 0.29) is 6.04 Å². The van der Waals surface area contributed by atoms with Crippen molar-refractivity contribution in [2.75, 3.05) is 11.9 Å². The van der Waals surface area contributed by atoms with E-state index in [2.05, 4.69) is 55.2 Å². The van der Waals surface area contributed by atoms with Crippen molar-refractivity contribution < 1.29 is 0 Å². The van der Waals surface area contributed by atoms with E-state index in [4.69, 9.17) is 4.98 Å². The van der Waals surface area contributed by atoms with Crippen LogP contribution in [0.1, 0.15) is 18.5 Å². The highest BCUT2D eigenvalue weighted by molar-refractivity contribution is 5.93. The molecule has 142 valence electrons. The molecule has 0 radical (unpaired) electrons. The molecule has 5 rings (SSSR count). The van der Waals surface area contributed by atoms with Gasteiger partial charge in [-0.15, -0.1) is 0 Å². The fourth-order valence-corrected chi connectivity index (χ4v) is 3.46. The Hall–Kier alpha value is -3.87. The van der Waals surface area contributed by atoms with Crippen LogP contribution < -0.4 is 4.90 Å². The normalized spacial score (nSPS) is 12.3. The lowest BCUT2D eigenvalue weighted by Crippen LogP contribution is -2.23. The predicted molar refractivity (Wildman–Crippen MR) is 113 cm³/mol. The van der Waals surface area contributed by atoms with Crippen LogP contribution in [0.25, 0.3) is 33.2 Å². The Morgan fingerprint density at radius 2 is 1.83 bits per heavy atom. The largest absolute Gasteiger partial charge is 0.337 e. The van der Waals surface area contributed by atoms with Crippen LogP contribution in [0.3, 0.4) is 0 Å².